The normalized spacial score (nSPS) is 22.2. The first-order valence-electron chi connectivity index (χ1n) is 6.13. The summed E-state index contributed by atoms with van der Waals surface area (Å²) >= 11 is 0. The van der Waals surface area contributed by atoms with Crippen molar-refractivity contribution >= 4 is 0 Å². The summed E-state index contributed by atoms with van der Waals surface area (Å²) in [5.74, 6) is 0.526. The first-order valence-corrected chi connectivity index (χ1v) is 6.13. The van der Waals surface area contributed by atoms with Crippen molar-refractivity contribution in [1.82, 2.24) is 15.1 Å². The third-order valence-electron chi connectivity index (χ3n) is 3.68. The third kappa shape index (κ3) is 1.57. The summed E-state index contributed by atoms with van der Waals surface area (Å²) < 4.78 is 5.25. The Hall–Kier alpha value is -0.870. The van der Waals surface area contributed by atoms with E-state index in [1.807, 2.05) is 0 Å². The molecule has 0 saturated carbocycles. The van der Waals surface area contributed by atoms with Gasteiger partial charge in [-0.1, -0.05) is 13.8 Å². The van der Waals surface area contributed by atoms with Gasteiger partial charge in [0, 0.05) is 13.1 Å². The molecule has 0 unspecified atom stereocenters. The standard InChI is InChI=1S/C12H19N3O/c1-8(2)12-10-3-4-15(9-6-16-7-9)5-11(10)13-14-12/h8-9H,3-7H2,1-2H3,(H,13,14). The topological polar surface area (TPSA) is 41.2 Å². The van der Waals surface area contributed by atoms with Crippen LogP contribution in [0.5, 0.6) is 0 Å². The first kappa shape index (κ1) is 10.3. The number of hydrogen-bond donors (Lipinski definition) is 1. The van der Waals surface area contributed by atoms with Gasteiger partial charge in [-0.05, 0) is 17.9 Å². The van der Waals surface area contributed by atoms with Crippen molar-refractivity contribution in [2.45, 2.75) is 38.8 Å². The van der Waals surface area contributed by atoms with E-state index < -0.39 is 0 Å². The lowest BCUT2D eigenvalue weighted by molar-refractivity contribution is -0.0698. The zero-order valence-electron chi connectivity index (χ0n) is 9.99. The Morgan fingerprint density at radius 1 is 1.44 bits per heavy atom. The second-order valence-corrected chi connectivity index (χ2v) is 5.13. The van der Waals surface area contributed by atoms with Gasteiger partial charge in [0.1, 0.15) is 0 Å². The molecular formula is C12H19N3O. The maximum absolute atomic E-state index is 5.25. The van der Waals surface area contributed by atoms with Crippen LogP contribution in [0, 0.1) is 0 Å². The summed E-state index contributed by atoms with van der Waals surface area (Å²) in [7, 11) is 0. The van der Waals surface area contributed by atoms with Crippen molar-refractivity contribution < 1.29 is 4.74 Å². The highest BCUT2D eigenvalue weighted by molar-refractivity contribution is 5.29. The molecule has 88 valence electrons. The average Bonchev–Trinajstić information content (AvgIpc) is 2.57. The highest BCUT2D eigenvalue weighted by Gasteiger charge is 2.30. The predicted octanol–water partition coefficient (Wildman–Crippen LogP) is 1.29. The van der Waals surface area contributed by atoms with Gasteiger partial charge in [-0.2, -0.15) is 5.10 Å². The van der Waals surface area contributed by atoms with Gasteiger partial charge in [0.2, 0.25) is 0 Å². The smallest absolute Gasteiger partial charge is 0.0683 e. The van der Waals surface area contributed by atoms with Crippen molar-refractivity contribution in [1.29, 1.82) is 0 Å². The molecule has 0 atom stereocenters. The Labute approximate surface area is 96.0 Å². The van der Waals surface area contributed by atoms with Crippen molar-refractivity contribution in [3.63, 3.8) is 0 Å². The third-order valence-corrected chi connectivity index (χ3v) is 3.68. The van der Waals surface area contributed by atoms with Gasteiger partial charge >= 0.3 is 0 Å². The van der Waals surface area contributed by atoms with E-state index in [0.717, 1.165) is 32.7 Å². The van der Waals surface area contributed by atoms with Crippen molar-refractivity contribution in [2.75, 3.05) is 19.8 Å². The Morgan fingerprint density at radius 2 is 2.25 bits per heavy atom. The Bertz CT molecular complexity index is 382. The van der Waals surface area contributed by atoms with Crippen LogP contribution in [0.3, 0.4) is 0 Å². The number of fused-ring (bicyclic) bond motifs is 1. The number of aromatic amines is 1. The maximum Gasteiger partial charge on any atom is 0.0683 e. The van der Waals surface area contributed by atoms with Crippen molar-refractivity contribution in [3.05, 3.63) is 17.0 Å². The van der Waals surface area contributed by atoms with Crippen LogP contribution in [0.15, 0.2) is 0 Å². The van der Waals surface area contributed by atoms with Crippen LogP contribution in [-0.4, -0.2) is 40.9 Å². The summed E-state index contributed by atoms with van der Waals surface area (Å²) in [6, 6.07) is 0.638. The van der Waals surface area contributed by atoms with Gasteiger partial charge in [-0.15, -0.1) is 0 Å². The Balaban J connectivity index is 1.79. The second kappa shape index (κ2) is 3.86. The number of hydrogen-bond acceptors (Lipinski definition) is 3. The molecule has 4 heteroatoms. The minimum atomic E-state index is 0.526. The number of aromatic nitrogens is 2. The van der Waals surface area contributed by atoms with E-state index in [0.29, 0.717) is 12.0 Å². The lowest BCUT2D eigenvalue weighted by Crippen LogP contribution is -2.50. The number of nitrogens with one attached hydrogen (secondary N) is 1. The number of rotatable bonds is 2. The van der Waals surface area contributed by atoms with Gasteiger partial charge in [0.05, 0.1) is 30.6 Å². The highest BCUT2D eigenvalue weighted by Crippen LogP contribution is 2.27. The molecule has 1 fully saturated rings. The van der Waals surface area contributed by atoms with Crippen molar-refractivity contribution in [2.24, 2.45) is 0 Å². The number of ether oxygens (including phenoxy) is 1. The van der Waals surface area contributed by atoms with Gasteiger partial charge in [0.15, 0.2) is 0 Å². The van der Waals surface area contributed by atoms with E-state index in [-0.39, 0.29) is 0 Å². The number of nitrogens with zero attached hydrogens (tertiary/aromatic N) is 2. The molecule has 3 heterocycles. The SMILES string of the molecule is CC(C)c1n[nH]c2c1CCN(C1COC1)C2. The van der Waals surface area contributed by atoms with Gasteiger partial charge in [-0.25, -0.2) is 0 Å². The summed E-state index contributed by atoms with van der Waals surface area (Å²) in [5.41, 5.74) is 4.05. The van der Waals surface area contributed by atoms with Crippen LogP contribution in [0.2, 0.25) is 0 Å². The predicted molar refractivity (Wildman–Crippen MR) is 61.4 cm³/mol. The summed E-state index contributed by atoms with van der Waals surface area (Å²) in [6.45, 7) is 8.40. The van der Waals surface area contributed by atoms with Gasteiger partial charge < -0.3 is 4.74 Å². The molecule has 16 heavy (non-hydrogen) atoms. The highest BCUT2D eigenvalue weighted by atomic mass is 16.5. The van der Waals surface area contributed by atoms with Crippen LogP contribution in [0.1, 0.15) is 36.7 Å². The van der Waals surface area contributed by atoms with Gasteiger partial charge in [-0.3, -0.25) is 10.00 Å². The molecule has 0 aromatic carbocycles. The number of H-pyrrole nitrogens is 1. The van der Waals surface area contributed by atoms with E-state index in [4.69, 9.17) is 4.74 Å². The quantitative estimate of drug-likeness (QED) is 0.818. The lowest BCUT2D eigenvalue weighted by Gasteiger charge is -2.39. The Kier molecular flexibility index (Phi) is 2.48. The molecule has 1 aromatic rings. The molecule has 0 bridgehead atoms. The zero-order valence-corrected chi connectivity index (χ0v) is 9.99. The molecule has 0 amide bonds. The van der Waals surface area contributed by atoms with E-state index in [2.05, 4.69) is 28.9 Å². The molecule has 0 aliphatic carbocycles. The molecule has 1 N–H and O–H groups in total. The summed E-state index contributed by atoms with van der Waals surface area (Å²) in [4.78, 5) is 2.51. The molecule has 0 spiro atoms. The fraction of sp³-hybridized carbons (Fsp3) is 0.750. The van der Waals surface area contributed by atoms with E-state index in [1.165, 1.54) is 17.0 Å². The molecule has 0 radical (unpaired) electrons. The minimum Gasteiger partial charge on any atom is -0.378 e. The minimum absolute atomic E-state index is 0.526. The molecular weight excluding hydrogens is 202 g/mol. The maximum atomic E-state index is 5.25. The molecule has 1 saturated heterocycles. The second-order valence-electron chi connectivity index (χ2n) is 5.13. The average molecular weight is 221 g/mol. The fourth-order valence-corrected chi connectivity index (χ4v) is 2.59. The van der Waals surface area contributed by atoms with Gasteiger partial charge in [0.25, 0.3) is 0 Å². The molecule has 2 aliphatic rings. The largest absolute Gasteiger partial charge is 0.378 e. The van der Waals surface area contributed by atoms with Crippen LogP contribution in [0.4, 0.5) is 0 Å². The van der Waals surface area contributed by atoms with E-state index in [9.17, 15) is 0 Å². The molecule has 1 aromatic heterocycles. The van der Waals surface area contributed by atoms with E-state index in [1.54, 1.807) is 0 Å². The van der Waals surface area contributed by atoms with Crippen molar-refractivity contribution in [3.8, 4) is 0 Å². The zero-order chi connectivity index (χ0) is 11.1. The van der Waals surface area contributed by atoms with E-state index >= 15 is 0 Å². The van der Waals surface area contributed by atoms with Crippen LogP contribution in [0.25, 0.3) is 0 Å². The van der Waals surface area contributed by atoms with Crippen LogP contribution in [-0.2, 0) is 17.7 Å². The van der Waals surface area contributed by atoms with Crippen LogP contribution < -0.4 is 0 Å². The molecule has 3 rings (SSSR count). The lowest BCUT2D eigenvalue weighted by atomic mass is 9.97. The Morgan fingerprint density at radius 3 is 2.88 bits per heavy atom. The summed E-state index contributed by atoms with van der Waals surface area (Å²) in [5, 5.41) is 7.66. The monoisotopic (exact) mass is 221 g/mol. The first-order chi connectivity index (χ1) is 7.75. The fourth-order valence-electron chi connectivity index (χ4n) is 2.59. The summed E-state index contributed by atoms with van der Waals surface area (Å²) in [6.07, 6.45) is 1.13. The molecule has 4 nitrogen and oxygen atoms in total. The van der Waals surface area contributed by atoms with Crippen LogP contribution >= 0.6 is 0 Å². The molecule has 2 aliphatic heterocycles.